The molecular formula is C19H20N4. The fourth-order valence-corrected chi connectivity index (χ4v) is 3.33. The number of likely N-dealkylation sites (tertiary alicyclic amines) is 1. The molecule has 1 atom stereocenters. The minimum absolute atomic E-state index is 0.402. The monoisotopic (exact) mass is 304 g/mol. The van der Waals surface area contributed by atoms with Crippen LogP contribution in [-0.2, 0) is 6.54 Å². The van der Waals surface area contributed by atoms with Gasteiger partial charge in [0.2, 0.25) is 0 Å². The van der Waals surface area contributed by atoms with E-state index in [-0.39, 0.29) is 0 Å². The maximum Gasteiger partial charge on any atom is 0.138 e. The lowest BCUT2D eigenvalue weighted by Crippen LogP contribution is -2.23. The van der Waals surface area contributed by atoms with E-state index >= 15 is 0 Å². The molecule has 0 N–H and O–H groups in total. The molecule has 0 saturated carbocycles. The van der Waals surface area contributed by atoms with E-state index < -0.39 is 0 Å². The standard InChI is InChI=1S/C19H20N4/c1-2-6-16(7-3-1)14-22-12-5-9-18(22)17-8-4-10-19(21-17)23-13-11-20-15-23/h1-4,6-8,10-11,13,15,18H,5,9,12,14H2/t18-/m1/s1. The molecule has 0 unspecified atom stereocenters. The summed E-state index contributed by atoms with van der Waals surface area (Å²) in [5, 5.41) is 0. The second-order valence-electron chi connectivity index (χ2n) is 6.00. The first-order valence-corrected chi connectivity index (χ1v) is 8.13. The molecule has 1 fully saturated rings. The predicted molar refractivity (Wildman–Crippen MR) is 90.2 cm³/mol. The molecular weight excluding hydrogens is 284 g/mol. The van der Waals surface area contributed by atoms with E-state index in [0.29, 0.717) is 6.04 Å². The van der Waals surface area contributed by atoms with Crippen molar-refractivity contribution in [2.45, 2.75) is 25.4 Å². The maximum absolute atomic E-state index is 4.87. The van der Waals surface area contributed by atoms with Crippen LogP contribution < -0.4 is 0 Å². The summed E-state index contributed by atoms with van der Waals surface area (Å²) in [4.78, 5) is 11.5. The van der Waals surface area contributed by atoms with Crippen molar-refractivity contribution in [3.63, 3.8) is 0 Å². The Bertz CT molecular complexity index is 752. The Kier molecular flexibility index (Phi) is 3.90. The summed E-state index contributed by atoms with van der Waals surface area (Å²) in [5.74, 6) is 0.937. The zero-order chi connectivity index (χ0) is 15.5. The molecule has 4 nitrogen and oxygen atoms in total. The van der Waals surface area contributed by atoms with Gasteiger partial charge in [-0.05, 0) is 37.1 Å². The van der Waals surface area contributed by atoms with Crippen LogP contribution in [0.4, 0.5) is 0 Å². The van der Waals surface area contributed by atoms with Crippen LogP contribution in [0.5, 0.6) is 0 Å². The van der Waals surface area contributed by atoms with E-state index in [9.17, 15) is 0 Å². The molecule has 0 amide bonds. The molecule has 116 valence electrons. The number of rotatable bonds is 4. The van der Waals surface area contributed by atoms with Gasteiger partial charge in [0.15, 0.2) is 0 Å². The molecule has 4 heteroatoms. The molecule has 0 aliphatic carbocycles. The molecule has 3 heterocycles. The van der Waals surface area contributed by atoms with E-state index in [1.54, 1.807) is 12.5 Å². The maximum atomic E-state index is 4.87. The van der Waals surface area contributed by atoms with Crippen LogP contribution in [0.3, 0.4) is 0 Å². The van der Waals surface area contributed by atoms with Gasteiger partial charge in [-0.1, -0.05) is 36.4 Å². The molecule has 1 aromatic carbocycles. The van der Waals surface area contributed by atoms with Crippen LogP contribution in [-0.4, -0.2) is 26.0 Å². The average Bonchev–Trinajstić information content (AvgIpc) is 3.28. The van der Waals surface area contributed by atoms with Crippen molar-refractivity contribution < 1.29 is 0 Å². The van der Waals surface area contributed by atoms with E-state index in [1.165, 1.54) is 18.4 Å². The van der Waals surface area contributed by atoms with Gasteiger partial charge in [-0.25, -0.2) is 9.97 Å². The van der Waals surface area contributed by atoms with Crippen LogP contribution >= 0.6 is 0 Å². The third-order valence-electron chi connectivity index (χ3n) is 4.46. The average molecular weight is 304 g/mol. The molecule has 3 aromatic rings. The Morgan fingerprint density at radius 2 is 1.96 bits per heavy atom. The third-order valence-corrected chi connectivity index (χ3v) is 4.46. The van der Waals surface area contributed by atoms with Gasteiger partial charge < -0.3 is 0 Å². The minimum Gasteiger partial charge on any atom is -0.291 e. The van der Waals surface area contributed by atoms with E-state index in [0.717, 1.165) is 24.6 Å². The van der Waals surface area contributed by atoms with E-state index in [4.69, 9.17) is 4.98 Å². The van der Waals surface area contributed by atoms with E-state index in [1.807, 2.05) is 16.8 Å². The fourth-order valence-electron chi connectivity index (χ4n) is 3.33. The van der Waals surface area contributed by atoms with Crippen molar-refractivity contribution >= 4 is 0 Å². The van der Waals surface area contributed by atoms with Crippen molar-refractivity contribution in [2.75, 3.05) is 6.54 Å². The van der Waals surface area contributed by atoms with Crippen LogP contribution in [0.15, 0.2) is 67.3 Å². The Labute approximate surface area is 136 Å². The van der Waals surface area contributed by atoms with Gasteiger partial charge >= 0.3 is 0 Å². The summed E-state index contributed by atoms with van der Waals surface area (Å²) in [6.45, 7) is 2.12. The summed E-state index contributed by atoms with van der Waals surface area (Å²) < 4.78 is 1.96. The highest BCUT2D eigenvalue weighted by Gasteiger charge is 2.27. The van der Waals surface area contributed by atoms with Gasteiger partial charge in [-0.2, -0.15) is 0 Å². The van der Waals surface area contributed by atoms with Crippen molar-refractivity contribution in [2.24, 2.45) is 0 Å². The van der Waals surface area contributed by atoms with Gasteiger partial charge in [-0.15, -0.1) is 0 Å². The van der Waals surface area contributed by atoms with Gasteiger partial charge in [-0.3, -0.25) is 9.47 Å². The first kappa shape index (κ1) is 14.2. The predicted octanol–water partition coefficient (Wildman–Crippen LogP) is 3.60. The van der Waals surface area contributed by atoms with E-state index in [2.05, 4.69) is 52.3 Å². The molecule has 1 aliphatic rings. The smallest absolute Gasteiger partial charge is 0.138 e. The quantitative estimate of drug-likeness (QED) is 0.738. The SMILES string of the molecule is c1ccc(CN2CCC[C@@H]2c2cccc(-n3ccnc3)n2)cc1. The van der Waals surface area contributed by atoms with Gasteiger partial charge in [0.05, 0.1) is 11.7 Å². The Morgan fingerprint density at radius 1 is 1.04 bits per heavy atom. The summed E-state index contributed by atoms with van der Waals surface area (Å²) in [7, 11) is 0. The zero-order valence-electron chi connectivity index (χ0n) is 13.0. The molecule has 0 spiro atoms. The highest BCUT2D eigenvalue weighted by atomic mass is 15.2. The van der Waals surface area contributed by atoms with Crippen molar-refractivity contribution in [3.05, 3.63) is 78.5 Å². The summed E-state index contributed by atoms with van der Waals surface area (Å²) in [6, 6.07) is 17.4. The number of benzene rings is 1. The fraction of sp³-hybridized carbons (Fsp3) is 0.263. The molecule has 0 bridgehead atoms. The van der Waals surface area contributed by atoms with Gasteiger partial charge in [0.1, 0.15) is 12.1 Å². The lowest BCUT2D eigenvalue weighted by atomic mass is 10.1. The second-order valence-corrected chi connectivity index (χ2v) is 6.00. The third kappa shape index (κ3) is 3.03. The van der Waals surface area contributed by atoms with Crippen LogP contribution in [0.1, 0.15) is 30.1 Å². The Balaban J connectivity index is 1.58. The largest absolute Gasteiger partial charge is 0.291 e. The number of aromatic nitrogens is 3. The Morgan fingerprint density at radius 3 is 2.78 bits per heavy atom. The number of pyridine rings is 1. The molecule has 2 aromatic heterocycles. The second kappa shape index (κ2) is 6.34. The number of imidazole rings is 1. The molecule has 1 saturated heterocycles. The van der Waals surface area contributed by atoms with Crippen molar-refractivity contribution in [1.82, 2.24) is 19.4 Å². The number of hydrogen-bond acceptors (Lipinski definition) is 3. The van der Waals surface area contributed by atoms with Crippen LogP contribution in [0.25, 0.3) is 5.82 Å². The first-order valence-electron chi connectivity index (χ1n) is 8.13. The van der Waals surface area contributed by atoms with Crippen molar-refractivity contribution in [1.29, 1.82) is 0 Å². The zero-order valence-corrected chi connectivity index (χ0v) is 13.0. The van der Waals surface area contributed by atoms with Gasteiger partial charge in [0.25, 0.3) is 0 Å². The summed E-state index contributed by atoms with van der Waals surface area (Å²) in [5.41, 5.74) is 2.52. The van der Waals surface area contributed by atoms with Crippen molar-refractivity contribution in [3.8, 4) is 5.82 Å². The topological polar surface area (TPSA) is 34.0 Å². The normalized spacial score (nSPS) is 18.3. The minimum atomic E-state index is 0.402. The van der Waals surface area contributed by atoms with Crippen LogP contribution in [0.2, 0.25) is 0 Å². The molecule has 23 heavy (non-hydrogen) atoms. The van der Waals surface area contributed by atoms with Crippen LogP contribution in [0, 0.1) is 0 Å². The number of hydrogen-bond donors (Lipinski definition) is 0. The molecule has 0 radical (unpaired) electrons. The molecule has 4 rings (SSSR count). The molecule has 1 aliphatic heterocycles. The van der Waals surface area contributed by atoms with Gasteiger partial charge in [0, 0.05) is 18.9 Å². The lowest BCUT2D eigenvalue weighted by Gasteiger charge is -2.24. The highest BCUT2D eigenvalue weighted by Crippen LogP contribution is 2.32. The Hall–Kier alpha value is -2.46. The summed E-state index contributed by atoms with van der Waals surface area (Å²) >= 11 is 0. The highest BCUT2D eigenvalue weighted by molar-refractivity contribution is 5.26. The number of nitrogens with zero attached hydrogens (tertiary/aromatic N) is 4. The summed E-state index contributed by atoms with van der Waals surface area (Å²) in [6.07, 6.45) is 7.92. The first-order chi connectivity index (χ1) is 11.4. The lowest BCUT2D eigenvalue weighted by molar-refractivity contribution is 0.244.